The lowest BCUT2D eigenvalue weighted by Crippen LogP contribution is -2.39. The molecule has 4 rings (SSSR count). The van der Waals surface area contributed by atoms with Gasteiger partial charge in [-0.25, -0.2) is 15.0 Å². The summed E-state index contributed by atoms with van der Waals surface area (Å²) < 4.78 is 0. The third kappa shape index (κ3) is 4.52. The zero-order chi connectivity index (χ0) is 19.3. The van der Waals surface area contributed by atoms with Crippen molar-refractivity contribution in [1.82, 2.24) is 15.0 Å². The van der Waals surface area contributed by atoms with Gasteiger partial charge in [-0.1, -0.05) is 11.6 Å². The second kappa shape index (κ2) is 8.73. The Kier molecular flexibility index (Phi) is 5.90. The van der Waals surface area contributed by atoms with Crippen LogP contribution in [0.5, 0.6) is 0 Å². The van der Waals surface area contributed by atoms with Crippen molar-refractivity contribution < 1.29 is 4.79 Å². The molecule has 2 aromatic rings. The highest BCUT2D eigenvalue weighted by molar-refractivity contribution is 6.30. The summed E-state index contributed by atoms with van der Waals surface area (Å²) in [7, 11) is 0. The quantitative estimate of drug-likeness (QED) is 0.848. The van der Waals surface area contributed by atoms with Gasteiger partial charge in [-0.15, -0.1) is 0 Å². The van der Waals surface area contributed by atoms with E-state index in [1.165, 1.54) is 25.5 Å². The number of anilines is 3. The van der Waals surface area contributed by atoms with E-state index in [4.69, 9.17) is 11.6 Å². The van der Waals surface area contributed by atoms with Gasteiger partial charge in [-0.3, -0.25) is 4.79 Å². The standard InChI is InChI=1S/C20H25ClN6O/c21-16-4-5-17(22-13-16)25-20(28)15-6-10-27(11-7-15)19-12-18(23-14-24-19)26-8-2-1-3-9-26/h4-5,12-15H,1-3,6-11H2,(H,22,25,28). The van der Waals surface area contributed by atoms with E-state index in [0.717, 1.165) is 50.7 Å². The molecule has 1 amide bonds. The Balaban J connectivity index is 1.33. The van der Waals surface area contributed by atoms with Crippen LogP contribution in [-0.4, -0.2) is 47.0 Å². The fourth-order valence-corrected chi connectivity index (χ4v) is 3.97. The molecule has 0 aliphatic carbocycles. The number of piperidine rings is 2. The molecule has 0 atom stereocenters. The van der Waals surface area contributed by atoms with E-state index in [0.29, 0.717) is 10.8 Å². The fourth-order valence-electron chi connectivity index (χ4n) is 3.85. The largest absolute Gasteiger partial charge is 0.356 e. The van der Waals surface area contributed by atoms with Gasteiger partial charge in [0.25, 0.3) is 0 Å². The average molecular weight is 401 g/mol. The molecule has 2 aliphatic heterocycles. The van der Waals surface area contributed by atoms with Gasteiger partial charge >= 0.3 is 0 Å². The molecule has 2 aromatic heterocycles. The summed E-state index contributed by atoms with van der Waals surface area (Å²) in [4.78, 5) is 30.2. The van der Waals surface area contributed by atoms with Crippen molar-refractivity contribution in [1.29, 1.82) is 0 Å². The van der Waals surface area contributed by atoms with Crippen LogP contribution >= 0.6 is 11.6 Å². The first-order valence-electron chi connectivity index (χ1n) is 9.93. The second-order valence-electron chi connectivity index (χ2n) is 7.39. The Bertz CT molecular complexity index is 801. The smallest absolute Gasteiger partial charge is 0.228 e. The van der Waals surface area contributed by atoms with Crippen molar-refractivity contribution in [2.45, 2.75) is 32.1 Å². The van der Waals surface area contributed by atoms with Crippen molar-refractivity contribution in [2.24, 2.45) is 5.92 Å². The summed E-state index contributed by atoms with van der Waals surface area (Å²) in [6.07, 6.45) is 8.53. The second-order valence-corrected chi connectivity index (χ2v) is 7.83. The topological polar surface area (TPSA) is 74.2 Å². The van der Waals surface area contributed by atoms with Gasteiger partial charge in [0.2, 0.25) is 5.91 Å². The number of nitrogens with one attached hydrogen (secondary N) is 1. The molecule has 148 valence electrons. The van der Waals surface area contributed by atoms with Crippen LogP contribution in [0.2, 0.25) is 5.02 Å². The number of carbonyl (C=O) groups is 1. The summed E-state index contributed by atoms with van der Waals surface area (Å²) in [5, 5.41) is 3.44. The molecular formula is C20H25ClN6O. The minimum atomic E-state index is -0.0165. The van der Waals surface area contributed by atoms with E-state index in [2.05, 4.69) is 36.1 Å². The maximum absolute atomic E-state index is 12.5. The van der Waals surface area contributed by atoms with E-state index >= 15 is 0 Å². The van der Waals surface area contributed by atoms with E-state index in [1.807, 2.05) is 0 Å². The number of pyridine rings is 1. The minimum absolute atomic E-state index is 0.0165. The predicted molar refractivity (Wildman–Crippen MR) is 111 cm³/mol. The lowest BCUT2D eigenvalue weighted by molar-refractivity contribution is -0.120. The van der Waals surface area contributed by atoms with Crippen molar-refractivity contribution >= 4 is 35.0 Å². The summed E-state index contributed by atoms with van der Waals surface area (Å²) in [5.41, 5.74) is 0. The van der Waals surface area contributed by atoms with Crippen LogP contribution in [0.15, 0.2) is 30.7 Å². The molecule has 0 saturated carbocycles. The van der Waals surface area contributed by atoms with Crippen molar-refractivity contribution in [3.8, 4) is 0 Å². The first-order valence-corrected chi connectivity index (χ1v) is 10.3. The SMILES string of the molecule is O=C(Nc1ccc(Cl)cn1)C1CCN(c2cc(N3CCCCC3)ncn2)CC1. The van der Waals surface area contributed by atoms with Crippen LogP contribution in [0, 0.1) is 5.92 Å². The zero-order valence-corrected chi connectivity index (χ0v) is 16.6. The third-order valence-corrected chi connectivity index (χ3v) is 5.71. The average Bonchev–Trinajstić information content (AvgIpc) is 2.76. The molecule has 0 radical (unpaired) electrons. The molecule has 8 heteroatoms. The Morgan fingerprint density at radius 2 is 1.64 bits per heavy atom. The summed E-state index contributed by atoms with van der Waals surface area (Å²) in [6.45, 7) is 3.75. The molecule has 0 bridgehead atoms. The molecule has 0 unspecified atom stereocenters. The van der Waals surface area contributed by atoms with Gasteiger partial charge in [0.15, 0.2) is 0 Å². The van der Waals surface area contributed by atoms with Crippen LogP contribution in [0.1, 0.15) is 32.1 Å². The van der Waals surface area contributed by atoms with E-state index in [1.54, 1.807) is 18.5 Å². The number of nitrogens with zero attached hydrogens (tertiary/aromatic N) is 5. The molecule has 2 fully saturated rings. The monoisotopic (exact) mass is 400 g/mol. The van der Waals surface area contributed by atoms with E-state index in [-0.39, 0.29) is 11.8 Å². The molecule has 0 spiro atoms. The Morgan fingerprint density at radius 1 is 0.964 bits per heavy atom. The molecule has 2 saturated heterocycles. The molecule has 1 N–H and O–H groups in total. The number of amides is 1. The lowest BCUT2D eigenvalue weighted by Gasteiger charge is -2.33. The summed E-state index contributed by atoms with van der Waals surface area (Å²) in [5.74, 6) is 2.51. The normalized spacial score (nSPS) is 18.2. The van der Waals surface area contributed by atoms with Crippen LogP contribution in [-0.2, 0) is 4.79 Å². The highest BCUT2D eigenvalue weighted by Crippen LogP contribution is 2.26. The van der Waals surface area contributed by atoms with Gasteiger partial charge in [-0.2, -0.15) is 0 Å². The van der Waals surface area contributed by atoms with Crippen molar-refractivity contribution in [3.05, 3.63) is 35.7 Å². The molecule has 28 heavy (non-hydrogen) atoms. The van der Waals surface area contributed by atoms with Crippen LogP contribution in [0.25, 0.3) is 0 Å². The number of aromatic nitrogens is 3. The number of hydrogen-bond donors (Lipinski definition) is 1. The van der Waals surface area contributed by atoms with Crippen molar-refractivity contribution in [2.75, 3.05) is 41.3 Å². The summed E-state index contributed by atoms with van der Waals surface area (Å²) >= 11 is 5.84. The van der Waals surface area contributed by atoms with Crippen LogP contribution in [0.3, 0.4) is 0 Å². The van der Waals surface area contributed by atoms with Crippen LogP contribution in [0.4, 0.5) is 17.5 Å². The Morgan fingerprint density at radius 3 is 2.29 bits per heavy atom. The lowest BCUT2D eigenvalue weighted by atomic mass is 9.96. The number of hydrogen-bond acceptors (Lipinski definition) is 6. The van der Waals surface area contributed by atoms with E-state index in [9.17, 15) is 4.79 Å². The summed E-state index contributed by atoms with van der Waals surface area (Å²) in [6, 6.07) is 5.53. The predicted octanol–water partition coefficient (Wildman–Crippen LogP) is 3.37. The number of halogens is 1. The highest BCUT2D eigenvalue weighted by atomic mass is 35.5. The molecule has 0 aromatic carbocycles. The maximum Gasteiger partial charge on any atom is 0.228 e. The van der Waals surface area contributed by atoms with Gasteiger partial charge in [0, 0.05) is 44.4 Å². The number of rotatable bonds is 4. The third-order valence-electron chi connectivity index (χ3n) is 5.49. The number of carbonyl (C=O) groups excluding carboxylic acids is 1. The van der Waals surface area contributed by atoms with Gasteiger partial charge < -0.3 is 15.1 Å². The molecule has 7 nitrogen and oxygen atoms in total. The minimum Gasteiger partial charge on any atom is -0.356 e. The van der Waals surface area contributed by atoms with E-state index < -0.39 is 0 Å². The molecular weight excluding hydrogens is 376 g/mol. The zero-order valence-electron chi connectivity index (χ0n) is 15.9. The molecule has 4 heterocycles. The van der Waals surface area contributed by atoms with Gasteiger partial charge in [0.1, 0.15) is 23.8 Å². The Labute approximate surface area is 170 Å². The first kappa shape index (κ1) is 18.9. The van der Waals surface area contributed by atoms with Crippen molar-refractivity contribution in [3.63, 3.8) is 0 Å². The van der Waals surface area contributed by atoms with Crippen LogP contribution < -0.4 is 15.1 Å². The maximum atomic E-state index is 12.5. The van der Waals surface area contributed by atoms with Gasteiger partial charge in [0.05, 0.1) is 5.02 Å². The molecule has 2 aliphatic rings. The fraction of sp³-hybridized carbons (Fsp3) is 0.500. The Hall–Kier alpha value is -2.41. The highest BCUT2D eigenvalue weighted by Gasteiger charge is 2.26. The van der Waals surface area contributed by atoms with Gasteiger partial charge in [-0.05, 0) is 44.2 Å². The first-order chi connectivity index (χ1) is 13.7.